The molecular formula is C5H9O5S-. The highest BCUT2D eigenvalue weighted by Crippen LogP contribution is 2.04. The molecule has 5 nitrogen and oxygen atoms in total. The summed E-state index contributed by atoms with van der Waals surface area (Å²) in [6, 6.07) is 0. The van der Waals surface area contributed by atoms with Crippen molar-refractivity contribution in [3.05, 3.63) is 0 Å². The van der Waals surface area contributed by atoms with Gasteiger partial charge in [-0.3, -0.25) is 4.79 Å². The van der Waals surface area contributed by atoms with Gasteiger partial charge in [-0.15, -0.1) is 0 Å². The van der Waals surface area contributed by atoms with Crippen LogP contribution in [0.5, 0.6) is 0 Å². The average molecular weight is 181 g/mol. The lowest BCUT2D eigenvalue weighted by molar-refractivity contribution is -0.140. The zero-order valence-electron chi connectivity index (χ0n) is 6.23. The first-order valence-electron chi connectivity index (χ1n) is 2.96. The van der Waals surface area contributed by atoms with Crippen LogP contribution in [-0.4, -0.2) is 31.3 Å². The monoisotopic (exact) mass is 181 g/mol. The third kappa shape index (κ3) is 2.85. The molecule has 0 spiro atoms. The van der Waals surface area contributed by atoms with Crippen LogP contribution < -0.4 is 0 Å². The van der Waals surface area contributed by atoms with Crippen molar-refractivity contribution in [2.24, 2.45) is 0 Å². The number of hydrogen-bond acceptors (Lipinski definition) is 5. The quantitative estimate of drug-likeness (QED) is 0.432. The van der Waals surface area contributed by atoms with Crippen molar-refractivity contribution in [1.82, 2.24) is 0 Å². The lowest BCUT2D eigenvalue weighted by Gasteiger charge is -2.15. The number of esters is 1. The summed E-state index contributed by atoms with van der Waals surface area (Å²) in [6.07, 6.45) is -0.0570. The summed E-state index contributed by atoms with van der Waals surface area (Å²) < 4.78 is 35.0. The molecule has 0 N–H and O–H groups in total. The molecule has 66 valence electrons. The van der Waals surface area contributed by atoms with Crippen molar-refractivity contribution >= 4 is 16.1 Å². The van der Waals surface area contributed by atoms with Crippen molar-refractivity contribution in [1.29, 1.82) is 0 Å². The second-order valence-corrected chi connectivity index (χ2v) is 3.47. The first-order valence-corrected chi connectivity index (χ1v) is 4.43. The Morgan fingerprint density at radius 3 is 2.18 bits per heavy atom. The minimum Gasteiger partial charge on any atom is -0.747 e. The highest BCUT2D eigenvalue weighted by Gasteiger charge is 2.23. The highest BCUT2D eigenvalue weighted by atomic mass is 32.2. The topological polar surface area (TPSA) is 83.5 Å². The smallest absolute Gasteiger partial charge is 0.322 e. The van der Waals surface area contributed by atoms with E-state index in [2.05, 4.69) is 4.74 Å². The second kappa shape index (κ2) is 3.68. The highest BCUT2D eigenvalue weighted by molar-refractivity contribution is 7.87. The van der Waals surface area contributed by atoms with Gasteiger partial charge in [0.15, 0.2) is 0 Å². The number of rotatable bonds is 3. The third-order valence-corrected chi connectivity index (χ3v) is 2.41. The molecule has 0 aromatic rings. The number of hydrogen-bond donors (Lipinski definition) is 0. The van der Waals surface area contributed by atoms with Crippen LogP contribution in [0, 0.1) is 0 Å². The fraction of sp³-hybridized carbons (Fsp3) is 0.800. The maximum Gasteiger partial charge on any atom is 0.322 e. The van der Waals surface area contributed by atoms with Crippen LogP contribution in [0.1, 0.15) is 13.3 Å². The average Bonchev–Trinajstić information content (AvgIpc) is 1.86. The number of methoxy groups -OCH3 is 1. The Labute approximate surface area is 65.1 Å². The Bertz CT molecular complexity index is 229. The van der Waals surface area contributed by atoms with Crippen LogP contribution in [0.2, 0.25) is 0 Å². The second-order valence-electron chi connectivity index (χ2n) is 1.91. The fourth-order valence-corrected chi connectivity index (χ4v) is 1.36. The van der Waals surface area contributed by atoms with E-state index in [1.165, 1.54) is 6.92 Å². The molecule has 0 radical (unpaired) electrons. The Hall–Kier alpha value is -0.620. The van der Waals surface area contributed by atoms with Gasteiger partial charge >= 0.3 is 5.97 Å². The molecule has 0 heterocycles. The van der Waals surface area contributed by atoms with Gasteiger partial charge in [-0.1, -0.05) is 6.92 Å². The summed E-state index contributed by atoms with van der Waals surface area (Å²) in [4.78, 5) is 10.6. The largest absolute Gasteiger partial charge is 0.747 e. The third-order valence-electron chi connectivity index (χ3n) is 1.18. The van der Waals surface area contributed by atoms with Gasteiger partial charge in [0, 0.05) is 0 Å². The van der Waals surface area contributed by atoms with Gasteiger partial charge in [-0.05, 0) is 6.42 Å². The van der Waals surface area contributed by atoms with Crippen LogP contribution in [0.4, 0.5) is 0 Å². The molecule has 11 heavy (non-hydrogen) atoms. The molecule has 0 rings (SSSR count). The van der Waals surface area contributed by atoms with Gasteiger partial charge in [0.2, 0.25) is 0 Å². The van der Waals surface area contributed by atoms with E-state index in [9.17, 15) is 17.8 Å². The molecule has 0 fully saturated rings. The van der Waals surface area contributed by atoms with E-state index >= 15 is 0 Å². The maximum absolute atomic E-state index is 10.6. The van der Waals surface area contributed by atoms with Crippen molar-refractivity contribution in [3.63, 3.8) is 0 Å². The van der Waals surface area contributed by atoms with Crippen molar-refractivity contribution < 1.29 is 22.5 Å². The van der Waals surface area contributed by atoms with Gasteiger partial charge in [-0.25, -0.2) is 8.42 Å². The maximum atomic E-state index is 10.6. The summed E-state index contributed by atoms with van der Waals surface area (Å²) >= 11 is 0. The predicted octanol–water partition coefficient (Wildman–Crippen LogP) is -0.517. The van der Waals surface area contributed by atoms with Crippen LogP contribution in [0.3, 0.4) is 0 Å². The van der Waals surface area contributed by atoms with E-state index in [4.69, 9.17) is 0 Å². The summed E-state index contributed by atoms with van der Waals surface area (Å²) in [6.45, 7) is 1.43. The zero-order chi connectivity index (χ0) is 9.07. The molecule has 0 aromatic carbocycles. The summed E-state index contributed by atoms with van der Waals surface area (Å²) in [5.74, 6) is -0.998. The van der Waals surface area contributed by atoms with Crippen molar-refractivity contribution in [2.45, 2.75) is 18.6 Å². The molecule has 0 amide bonds. The Balaban J connectivity index is 4.56. The minimum absolute atomic E-state index is 0.0570. The molecule has 1 atom stereocenters. The molecule has 0 aliphatic heterocycles. The Kier molecular flexibility index (Phi) is 3.47. The van der Waals surface area contributed by atoms with Crippen molar-refractivity contribution in [2.75, 3.05) is 7.11 Å². The first kappa shape index (κ1) is 10.4. The molecular weight excluding hydrogens is 172 g/mol. The van der Waals surface area contributed by atoms with Gasteiger partial charge < -0.3 is 9.29 Å². The SMILES string of the molecule is CCC(C(=O)OC)S(=O)(=O)[O-]. The summed E-state index contributed by atoms with van der Waals surface area (Å²) in [7, 11) is -3.51. The fourth-order valence-electron chi connectivity index (χ4n) is 0.620. The predicted molar refractivity (Wildman–Crippen MR) is 35.8 cm³/mol. The minimum atomic E-state index is -4.55. The Morgan fingerprint density at radius 1 is 1.64 bits per heavy atom. The van der Waals surface area contributed by atoms with Crippen LogP contribution >= 0.6 is 0 Å². The van der Waals surface area contributed by atoms with E-state index in [1.807, 2.05) is 0 Å². The summed E-state index contributed by atoms with van der Waals surface area (Å²) in [5.41, 5.74) is 0. The van der Waals surface area contributed by atoms with E-state index in [0.717, 1.165) is 7.11 Å². The van der Waals surface area contributed by atoms with E-state index in [0.29, 0.717) is 0 Å². The van der Waals surface area contributed by atoms with Crippen molar-refractivity contribution in [3.8, 4) is 0 Å². The van der Waals surface area contributed by atoms with Crippen LogP contribution in [-0.2, 0) is 19.6 Å². The zero-order valence-corrected chi connectivity index (χ0v) is 7.05. The van der Waals surface area contributed by atoms with Crippen LogP contribution in [0.15, 0.2) is 0 Å². The molecule has 0 aliphatic carbocycles. The lowest BCUT2D eigenvalue weighted by Crippen LogP contribution is -2.30. The van der Waals surface area contributed by atoms with E-state index < -0.39 is 21.3 Å². The lowest BCUT2D eigenvalue weighted by atomic mass is 10.3. The van der Waals surface area contributed by atoms with Gasteiger partial charge in [0.25, 0.3) is 0 Å². The first-order chi connectivity index (χ1) is 4.93. The molecule has 0 bridgehead atoms. The standard InChI is InChI=1S/C5H10O5S/c1-3-4(5(6)10-2)11(7,8)9/h4H,3H2,1-2H3,(H,7,8,9)/p-1. The number of carbonyl (C=O) groups is 1. The number of carbonyl (C=O) groups excluding carboxylic acids is 1. The van der Waals surface area contributed by atoms with E-state index in [1.54, 1.807) is 0 Å². The normalized spacial score (nSPS) is 14.1. The molecule has 0 saturated heterocycles. The van der Waals surface area contributed by atoms with Gasteiger partial charge in [-0.2, -0.15) is 0 Å². The molecule has 0 aromatic heterocycles. The number of ether oxygens (including phenoxy) is 1. The van der Waals surface area contributed by atoms with Gasteiger partial charge in [0.1, 0.15) is 15.4 Å². The molecule has 0 aliphatic rings. The summed E-state index contributed by atoms with van der Waals surface area (Å²) in [5, 5.41) is -1.56. The van der Waals surface area contributed by atoms with E-state index in [-0.39, 0.29) is 6.42 Å². The molecule has 0 saturated carbocycles. The van der Waals surface area contributed by atoms with Crippen LogP contribution in [0.25, 0.3) is 0 Å². The van der Waals surface area contributed by atoms with Gasteiger partial charge in [0.05, 0.1) is 7.11 Å². The molecule has 1 unspecified atom stereocenters. The molecule has 6 heteroatoms. The Morgan fingerprint density at radius 2 is 2.09 bits per heavy atom.